The lowest BCUT2D eigenvalue weighted by atomic mass is 9.83. The minimum absolute atomic E-state index is 0.489. The van der Waals surface area contributed by atoms with Crippen LogP contribution in [-0.2, 0) is 13.0 Å². The average Bonchev–Trinajstić information content (AvgIpc) is 2.59. The third kappa shape index (κ3) is 2.92. The summed E-state index contributed by atoms with van der Waals surface area (Å²) in [5, 5.41) is 9.20. The van der Waals surface area contributed by atoms with Crippen molar-refractivity contribution < 1.29 is 9.47 Å². The van der Waals surface area contributed by atoms with Crippen molar-refractivity contribution in [2.75, 3.05) is 7.11 Å². The molecule has 0 atom stereocenters. The molecule has 0 heterocycles. The SMILES string of the molecule is COc1cc2c(cc1OCc1ccccc1)CC[C][C]2C#N. The van der Waals surface area contributed by atoms with Gasteiger partial charge in [0, 0.05) is 6.42 Å². The fourth-order valence-electron chi connectivity index (χ4n) is 2.57. The maximum absolute atomic E-state index is 9.20. The number of benzene rings is 2. The van der Waals surface area contributed by atoms with Gasteiger partial charge in [0.2, 0.25) is 0 Å². The second-order valence-corrected chi connectivity index (χ2v) is 5.10. The molecule has 0 aromatic heterocycles. The van der Waals surface area contributed by atoms with Gasteiger partial charge in [-0.3, -0.25) is 0 Å². The topological polar surface area (TPSA) is 42.2 Å². The lowest BCUT2D eigenvalue weighted by Crippen LogP contribution is -2.11. The van der Waals surface area contributed by atoms with Crippen LogP contribution in [0.1, 0.15) is 23.1 Å². The normalized spacial score (nSPS) is 14.0. The molecule has 0 fully saturated rings. The molecule has 0 N–H and O–H groups in total. The average molecular weight is 290 g/mol. The first-order chi connectivity index (χ1) is 10.8. The zero-order valence-corrected chi connectivity index (χ0v) is 12.4. The van der Waals surface area contributed by atoms with Gasteiger partial charge in [-0.15, -0.1) is 0 Å². The Kier molecular flexibility index (Phi) is 4.29. The van der Waals surface area contributed by atoms with Crippen LogP contribution in [0.25, 0.3) is 0 Å². The number of rotatable bonds is 4. The maximum Gasteiger partial charge on any atom is 0.161 e. The number of hydrogen-bond donors (Lipinski definition) is 0. The summed E-state index contributed by atoms with van der Waals surface area (Å²) in [7, 11) is 1.61. The molecule has 0 bridgehead atoms. The highest BCUT2D eigenvalue weighted by Gasteiger charge is 2.24. The largest absolute Gasteiger partial charge is 0.493 e. The fourth-order valence-corrected chi connectivity index (χ4v) is 2.57. The number of hydrogen-bond acceptors (Lipinski definition) is 3. The van der Waals surface area contributed by atoms with Crippen molar-refractivity contribution in [3.63, 3.8) is 0 Å². The molecule has 3 nitrogen and oxygen atoms in total. The molecule has 1 aliphatic carbocycles. The van der Waals surface area contributed by atoms with E-state index in [1.807, 2.05) is 42.5 Å². The van der Waals surface area contributed by atoms with Gasteiger partial charge < -0.3 is 9.47 Å². The van der Waals surface area contributed by atoms with Crippen LogP contribution < -0.4 is 9.47 Å². The zero-order chi connectivity index (χ0) is 15.4. The predicted molar refractivity (Wildman–Crippen MR) is 83.3 cm³/mol. The summed E-state index contributed by atoms with van der Waals surface area (Å²) in [4.78, 5) is 0. The lowest BCUT2D eigenvalue weighted by Gasteiger charge is -2.21. The van der Waals surface area contributed by atoms with Crippen molar-refractivity contribution in [3.05, 3.63) is 71.5 Å². The number of nitrogens with zero attached hydrogens (tertiary/aromatic N) is 1. The Morgan fingerprint density at radius 3 is 2.73 bits per heavy atom. The lowest BCUT2D eigenvalue weighted by molar-refractivity contribution is 0.284. The van der Waals surface area contributed by atoms with E-state index in [-0.39, 0.29) is 0 Å². The van der Waals surface area contributed by atoms with E-state index in [0.717, 1.165) is 29.5 Å². The second kappa shape index (κ2) is 6.53. The van der Waals surface area contributed by atoms with E-state index in [9.17, 15) is 5.26 Å². The molecule has 2 aromatic rings. The summed E-state index contributed by atoms with van der Waals surface area (Å²) in [5.74, 6) is 1.95. The summed E-state index contributed by atoms with van der Waals surface area (Å²) in [6, 6.07) is 16.1. The molecule has 0 unspecified atom stereocenters. The molecule has 3 radical (unpaired) electrons. The smallest absolute Gasteiger partial charge is 0.161 e. The van der Waals surface area contributed by atoms with E-state index in [0.29, 0.717) is 24.0 Å². The van der Waals surface area contributed by atoms with E-state index >= 15 is 0 Å². The summed E-state index contributed by atoms with van der Waals surface area (Å²) in [6.07, 6.45) is 4.74. The van der Waals surface area contributed by atoms with Crippen LogP contribution in [0, 0.1) is 23.7 Å². The Hall–Kier alpha value is -2.47. The van der Waals surface area contributed by atoms with E-state index in [4.69, 9.17) is 9.47 Å². The van der Waals surface area contributed by atoms with E-state index in [1.54, 1.807) is 7.11 Å². The van der Waals surface area contributed by atoms with Crippen LogP contribution >= 0.6 is 0 Å². The van der Waals surface area contributed by atoms with Crippen molar-refractivity contribution in [1.82, 2.24) is 0 Å². The molecule has 3 heteroatoms. The Bertz CT molecular complexity index is 689. The van der Waals surface area contributed by atoms with Gasteiger partial charge in [0.25, 0.3) is 0 Å². The molecule has 0 spiro atoms. The van der Waals surface area contributed by atoms with Gasteiger partial charge in [-0.1, -0.05) is 30.3 Å². The summed E-state index contributed by atoms with van der Waals surface area (Å²) >= 11 is 0. The van der Waals surface area contributed by atoms with Gasteiger partial charge >= 0.3 is 0 Å². The van der Waals surface area contributed by atoms with E-state index < -0.39 is 0 Å². The van der Waals surface area contributed by atoms with Crippen LogP contribution in [0.15, 0.2) is 42.5 Å². The molecule has 1 aliphatic rings. The van der Waals surface area contributed by atoms with Gasteiger partial charge in [0.15, 0.2) is 11.5 Å². The van der Waals surface area contributed by atoms with Gasteiger partial charge in [0.05, 0.1) is 13.2 Å². The van der Waals surface area contributed by atoms with Crippen molar-refractivity contribution in [2.45, 2.75) is 19.4 Å². The molecule has 22 heavy (non-hydrogen) atoms. The number of ether oxygens (including phenoxy) is 2. The first kappa shape index (κ1) is 14.5. The fraction of sp³-hybridized carbons (Fsp3) is 0.211. The minimum Gasteiger partial charge on any atom is -0.493 e. The van der Waals surface area contributed by atoms with Gasteiger partial charge in [-0.05, 0) is 41.7 Å². The van der Waals surface area contributed by atoms with Gasteiger partial charge in [-0.25, -0.2) is 0 Å². The molecular formula is C19H16NO2. The summed E-state index contributed by atoms with van der Waals surface area (Å²) in [6.45, 7) is 0.489. The molecule has 109 valence electrons. The molecule has 0 saturated carbocycles. The highest BCUT2D eigenvalue weighted by Crippen LogP contribution is 2.38. The van der Waals surface area contributed by atoms with Crippen LogP contribution in [0.5, 0.6) is 11.5 Å². The van der Waals surface area contributed by atoms with Crippen LogP contribution in [0.4, 0.5) is 0 Å². The quantitative estimate of drug-likeness (QED) is 0.861. The number of methoxy groups -OCH3 is 1. The third-order valence-electron chi connectivity index (χ3n) is 3.70. The van der Waals surface area contributed by atoms with Crippen LogP contribution in [0.3, 0.4) is 0 Å². The highest BCUT2D eigenvalue weighted by molar-refractivity contribution is 5.58. The number of aryl methyl sites for hydroxylation is 1. The van der Waals surface area contributed by atoms with Gasteiger partial charge in [-0.2, -0.15) is 5.26 Å². The molecule has 0 aliphatic heterocycles. The Morgan fingerprint density at radius 2 is 2.00 bits per heavy atom. The Labute approximate surface area is 131 Å². The monoisotopic (exact) mass is 290 g/mol. The molecular weight excluding hydrogens is 274 g/mol. The zero-order valence-electron chi connectivity index (χ0n) is 12.4. The van der Waals surface area contributed by atoms with E-state index in [1.165, 1.54) is 0 Å². The van der Waals surface area contributed by atoms with Crippen molar-refractivity contribution in [2.24, 2.45) is 0 Å². The minimum atomic E-state index is 0.489. The maximum atomic E-state index is 9.20. The van der Waals surface area contributed by atoms with Gasteiger partial charge in [0.1, 0.15) is 12.5 Å². The number of fused-ring (bicyclic) bond motifs is 1. The Morgan fingerprint density at radius 1 is 1.18 bits per heavy atom. The highest BCUT2D eigenvalue weighted by atomic mass is 16.5. The first-order valence-electron chi connectivity index (χ1n) is 7.20. The van der Waals surface area contributed by atoms with Crippen molar-refractivity contribution >= 4 is 0 Å². The third-order valence-corrected chi connectivity index (χ3v) is 3.70. The van der Waals surface area contributed by atoms with Crippen molar-refractivity contribution in [1.29, 1.82) is 5.26 Å². The second-order valence-electron chi connectivity index (χ2n) is 5.10. The predicted octanol–water partition coefficient (Wildman–Crippen LogP) is 3.75. The van der Waals surface area contributed by atoms with E-state index in [2.05, 4.69) is 12.5 Å². The summed E-state index contributed by atoms with van der Waals surface area (Å²) in [5.41, 5.74) is 3.12. The molecule has 0 saturated heterocycles. The first-order valence-corrected chi connectivity index (χ1v) is 7.20. The van der Waals surface area contributed by atoms with Crippen LogP contribution in [-0.4, -0.2) is 7.11 Å². The van der Waals surface area contributed by atoms with Crippen molar-refractivity contribution in [3.8, 4) is 17.6 Å². The molecule has 0 amide bonds. The van der Waals surface area contributed by atoms with Crippen LogP contribution in [0.2, 0.25) is 0 Å². The number of nitriles is 1. The molecule has 3 rings (SSSR count). The molecule has 2 aromatic carbocycles. The summed E-state index contributed by atoms with van der Waals surface area (Å²) < 4.78 is 11.3. The standard InChI is InChI=1S/C19H16NO2/c1-21-18-11-17-15(8-5-9-16(17)12-20)10-19(18)22-13-14-6-3-2-4-7-14/h2-4,6-7,10-11H,5,8,13H2,1H3. The Balaban J connectivity index is 1.86.